The van der Waals surface area contributed by atoms with E-state index < -0.39 is 17.5 Å². The van der Waals surface area contributed by atoms with Crippen molar-refractivity contribution in [2.24, 2.45) is 0 Å². The molecule has 1 amide bonds. The van der Waals surface area contributed by atoms with Crippen LogP contribution in [0.15, 0.2) is 24.5 Å². The second kappa shape index (κ2) is 7.48. The Kier molecular flexibility index (Phi) is 5.40. The lowest BCUT2D eigenvalue weighted by Gasteiger charge is -2.10. The van der Waals surface area contributed by atoms with Gasteiger partial charge >= 0.3 is 0 Å². The third-order valence-corrected chi connectivity index (χ3v) is 3.05. The molecule has 1 aromatic carbocycles. The van der Waals surface area contributed by atoms with Crippen LogP contribution in [0.1, 0.15) is 22.8 Å². The predicted octanol–water partition coefficient (Wildman–Crippen LogP) is 2.13. The highest BCUT2D eigenvalue weighted by molar-refractivity contribution is 5.93. The lowest BCUT2D eigenvalue weighted by Crippen LogP contribution is -2.24. The number of anilines is 1. The summed E-state index contributed by atoms with van der Waals surface area (Å²) in [6, 6.07) is 2.26. The van der Waals surface area contributed by atoms with Gasteiger partial charge < -0.3 is 15.4 Å². The van der Waals surface area contributed by atoms with Crippen molar-refractivity contribution in [3.05, 3.63) is 47.3 Å². The van der Waals surface area contributed by atoms with Crippen LogP contribution in [0.4, 0.5) is 14.7 Å². The molecular weight excluding hydrogens is 306 g/mol. The highest BCUT2D eigenvalue weighted by Gasteiger charge is 2.16. The molecule has 122 valence electrons. The van der Waals surface area contributed by atoms with Gasteiger partial charge in [-0.2, -0.15) is 0 Å². The van der Waals surface area contributed by atoms with Crippen molar-refractivity contribution >= 4 is 11.9 Å². The molecule has 1 heterocycles. The van der Waals surface area contributed by atoms with Gasteiger partial charge in [-0.3, -0.25) is 4.79 Å². The zero-order chi connectivity index (χ0) is 16.8. The Balaban J connectivity index is 2.07. The maximum absolute atomic E-state index is 14.0. The van der Waals surface area contributed by atoms with Crippen LogP contribution in [0, 0.1) is 11.6 Å². The van der Waals surface area contributed by atoms with Crippen molar-refractivity contribution in [1.29, 1.82) is 0 Å². The average Bonchev–Trinajstić information content (AvgIpc) is 2.55. The maximum atomic E-state index is 14.0. The summed E-state index contributed by atoms with van der Waals surface area (Å²) >= 11 is 0. The van der Waals surface area contributed by atoms with Gasteiger partial charge in [-0.1, -0.05) is 0 Å². The number of amides is 1. The SMILES string of the molecule is CCNc1ncc(C(=O)NCc2c(F)ccc(OC)c2F)cn1. The number of methoxy groups -OCH3 is 1. The van der Waals surface area contributed by atoms with E-state index in [9.17, 15) is 13.6 Å². The zero-order valence-corrected chi connectivity index (χ0v) is 12.7. The fourth-order valence-electron chi connectivity index (χ4n) is 1.86. The first-order valence-electron chi connectivity index (χ1n) is 6.91. The van der Waals surface area contributed by atoms with Crippen LogP contribution >= 0.6 is 0 Å². The standard InChI is InChI=1S/C15H16F2N4O2/c1-3-18-15-20-6-9(7-21-15)14(22)19-8-10-11(16)4-5-12(23-2)13(10)17/h4-7H,3,8H2,1-2H3,(H,19,22)(H,18,20,21). The number of benzene rings is 1. The van der Waals surface area contributed by atoms with Crippen molar-refractivity contribution in [3.8, 4) is 5.75 Å². The molecule has 0 aliphatic rings. The molecule has 0 unspecified atom stereocenters. The summed E-state index contributed by atoms with van der Waals surface area (Å²) in [5.41, 5.74) is -0.0850. The molecule has 0 saturated carbocycles. The Morgan fingerprint density at radius 2 is 1.96 bits per heavy atom. The van der Waals surface area contributed by atoms with E-state index in [0.29, 0.717) is 12.5 Å². The van der Waals surface area contributed by atoms with E-state index in [1.54, 1.807) is 0 Å². The van der Waals surface area contributed by atoms with E-state index >= 15 is 0 Å². The van der Waals surface area contributed by atoms with Crippen LogP contribution in [0.3, 0.4) is 0 Å². The van der Waals surface area contributed by atoms with E-state index in [-0.39, 0.29) is 23.4 Å². The minimum Gasteiger partial charge on any atom is -0.494 e. The van der Waals surface area contributed by atoms with Crippen LogP contribution < -0.4 is 15.4 Å². The first-order chi connectivity index (χ1) is 11.1. The van der Waals surface area contributed by atoms with Crippen molar-refractivity contribution in [3.63, 3.8) is 0 Å². The van der Waals surface area contributed by atoms with Gasteiger partial charge in [-0.05, 0) is 19.1 Å². The average molecular weight is 322 g/mol. The van der Waals surface area contributed by atoms with Gasteiger partial charge in [-0.25, -0.2) is 18.7 Å². The normalized spacial score (nSPS) is 10.3. The highest BCUT2D eigenvalue weighted by Crippen LogP contribution is 2.22. The van der Waals surface area contributed by atoms with Crippen molar-refractivity contribution < 1.29 is 18.3 Å². The van der Waals surface area contributed by atoms with Crippen LogP contribution in [0.2, 0.25) is 0 Å². The lowest BCUT2D eigenvalue weighted by atomic mass is 10.1. The van der Waals surface area contributed by atoms with Gasteiger partial charge in [-0.15, -0.1) is 0 Å². The summed E-state index contributed by atoms with van der Waals surface area (Å²) in [5.74, 6) is -1.83. The van der Waals surface area contributed by atoms with Crippen molar-refractivity contribution in [1.82, 2.24) is 15.3 Å². The van der Waals surface area contributed by atoms with Crippen molar-refractivity contribution in [2.75, 3.05) is 19.0 Å². The number of nitrogens with one attached hydrogen (secondary N) is 2. The quantitative estimate of drug-likeness (QED) is 0.852. The number of carbonyl (C=O) groups is 1. The summed E-state index contributed by atoms with van der Waals surface area (Å²) in [5, 5.41) is 5.32. The molecule has 0 bridgehead atoms. The Hall–Kier alpha value is -2.77. The maximum Gasteiger partial charge on any atom is 0.254 e. The van der Waals surface area contributed by atoms with E-state index in [1.807, 2.05) is 6.92 Å². The van der Waals surface area contributed by atoms with Crippen LogP contribution in [0.5, 0.6) is 5.75 Å². The molecule has 23 heavy (non-hydrogen) atoms. The van der Waals surface area contributed by atoms with Crippen LogP contribution in [-0.4, -0.2) is 29.5 Å². The number of carbonyl (C=O) groups excluding carboxylic acids is 1. The van der Waals surface area contributed by atoms with E-state index in [1.165, 1.54) is 25.6 Å². The molecule has 6 nitrogen and oxygen atoms in total. The molecule has 0 atom stereocenters. The van der Waals surface area contributed by atoms with Gasteiger partial charge in [0.15, 0.2) is 11.6 Å². The number of hydrogen-bond donors (Lipinski definition) is 2. The summed E-state index contributed by atoms with van der Waals surface area (Å²) in [4.78, 5) is 19.9. The Morgan fingerprint density at radius 1 is 1.26 bits per heavy atom. The van der Waals surface area contributed by atoms with Gasteiger partial charge in [0.2, 0.25) is 5.95 Å². The third-order valence-electron chi connectivity index (χ3n) is 3.05. The molecule has 0 spiro atoms. The topological polar surface area (TPSA) is 76.1 Å². The lowest BCUT2D eigenvalue weighted by molar-refractivity contribution is 0.0949. The Bertz CT molecular complexity index is 693. The van der Waals surface area contributed by atoms with Gasteiger partial charge in [0.1, 0.15) is 5.82 Å². The molecule has 8 heteroatoms. The van der Waals surface area contributed by atoms with Gasteiger partial charge in [0.05, 0.1) is 12.7 Å². The number of aromatic nitrogens is 2. The minimum atomic E-state index is -0.841. The Morgan fingerprint density at radius 3 is 2.57 bits per heavy atom. The number of halogens is 2. The largest absolute Gasteiger partial charge is 0.494 e. The van der Waals surface area contributed by atoms with Crippen LogP contribution in [-0.2, 0) is 6.54 Å². The molecular formula is C15H16F2N4O2. The predicted molar refractivity (Wildman–Crippen MR) is 80.3 cm³/mol. The summed E-state index contributed by atoms with van der Waals surface area (Å²) in [7, 11) is 1.28. The number of hydrogen-bond acceptors (Lipinski definition) is 5. The fourth-order valence-corrected chi connectivity index (χ4v) is 1.86. The van der Waals surface area contributed by atoms with Crippen LogP contribution in [0.25, 0.3) is 0 Å². The molecule has 0 aliphatic carbocycles. The molecule has 0 aliphatic heterocycles. The molecule has 2 N–H and O–H groups in total. The monoisotopic (exact) mass is 322 g/mol. The van der Waals surface area contributed by atoms with Gasteiger partial charge in [0, 0.05) is 31.0 Å². The highest BCUT2D eigenvalue weighted by atomic mass is 19.1. The summed E-state index contributed by atoms with van der Waals surface area (Å²) in [6.45, 7) is 2.23. The number of nitrogens with zero attached hydrogens (tertiary/aromatic N) is 2. The smallest absolute Gasteiger partial charge is 0.254 e. The fraction of sp³-hybridized carbons (Fsp3) is 0.267. The third kappa shape index (κ3) is 3.91. The Labute approximate surface area is 131 Å². The van der Waals surface area contributed by atoms with Crippen molar-refractivity contribution in [2.45, 2.75) is 13.5 Å². The van der Waals surface area contributed by atoms with E-state index in [0.717, 1.165) is 6.07 Å². The molecule has 1 aromatic heterocycles. The second-order valence-corrected chi connectivity index (χ2v) is 4.55. The van der Waals surface area contributed by atoms with E-state index in [2.05, 4.69) is 20.6 Å². The van der Waals surface area contributed by atoms with Gasteiger partial charge in [0.25, 0.3) is 5.91 Å². The summed E-state index contributed by atoms with van der Waals surface area (Å²) in [6.07, 6.45) is 2.66. The molecule has 2 rings (SSSR count). The molecule has 0 radical (unpaired) electrons. The van der Waals surface area contributed by atoms with E-state index in [4.69, 9.17) is 4.74 Å². The molecule has 2 aromatic rings. The zero-order valence-electron chi connectivity index (χ0n) is 12.7. The summed E-state index contributed by atoms with van der Waals surface area (Å²) < 4.78 is 32.4. The molecule has 0 saturated heterocycles. The molecule has 0 fully saturated rings. The first kappa shape index (κ1) is 16.6. The first-order valence-corrected chi connectivity index (χ1v) is 6.91. The number of rotatable bonds is 6. The second-order valence-electron chi connectivity index (χ2n) is 4.55. The minimum absolute atomic E-state index is 0.0889. The number of ether oxygens (including phenoxy) is 1.